The van der Waals surface area contributed by atoms with Crippen molar-refractivity contribution in [3.05, 3.63) is 36.0 Å². The van der Waals surface area contributed by atoms with Crippen LogP contribution in [0.25, 0.3) is 0 Å². The molecule has 0 bridgehead atoms. The smallest absolute Gasteiger partial charge is 0.241 e. The normalized spacial score (nSPS) is 19.5. The lowest BCUT2D eigenvalue weighted by Gasteiger charge is -2.22. The maximum absolute atomic E-state index is 12.2. The number of amides is 1. The Kier molecular flexibility index (Phi) is 6.11. The molecule has 0 radical (unpaired) electrons. The van der Waals surface area contributed by atoms with Crippen LogP contribution in [-0.2, 0) is 11.4 Å². The van der Waals surface area contributed by atoms with Crippen LogP contribution in [0.2, 0.25) is 0 Å². The first-order chi connectivity index (χ1) is 12.3. The van der Waals surface area contributed by atoms with E-state index in [1.807, 2.05) is 24.3 Å². The van der Waals surface area contributed by atoms with E-state index >= 15 is 0 Å². The van der Waals surface area contributed by atoms with Gasteiger partial charge in [-0.2, -0.15) is 4.98 Å². The second kappa shape index (κ2) is 8.51. The first-order valence-corrected chi connectivity index (χ1v) is 8.87. The third kappa shape index (κ3) is 4.74. The zero-order valence-electron chi connectivity index (χ0n) is 14.4. The predicted octanol–water partition coefficient (Wildman–Crippen LogP) is 3.03. The van der Waals surface area contributed by atoms with Crippen LogP contribution >= 0.6 is 12.4 Å². The molecule has 1 aliphatic carbocycles. The highest BCUT2D eigenvalue weighted by atomic mass is 35.5. The Hall–Kier alpha value is -2.12. The second-order valence-corrected chi connectivity index (χ2v) is 6.63. The quantitative estimate of drug-likeness (QED) is 0.803. The van der Waals surface area contributed by atoms with Gasteiger partial charge in [-0.25, -0.2) is 0 Å². The molecule has 8 heteroatoms. The summed E-state index contributed by atoms with van der Waals surface area (Å²) in [5.74, 6) is 2.44. The van der Waals surface area contributed by atoms with Crippen LogP contribution in [0.1, 0.15) is 49.7 Å². The van der Waals surface area contributed by atoms with Crippen LogP contribution in [0, 0.1) is 0 Å². The summed E-state index contributed by atoms with van der Waals surface area (Å²) < 4.78 is 10.9. The number of halogens is 1. The van der Waals surface area contributed by atoms with Gasteiger partial charge in [-0.3, -0.25) is 4.79 Å². The lowest BCUT2D eigenvalue weighted by molar-refractivity contribution is -0.118. The molecule has 0 spiro atoms. The number of carbonyl (C=O) groups excluding carboxylic acids is 1. The monoisotopic (exact) mass is 378 g/mol. The largest absolute Gasteiger partial charge is 0.485 e. The minimum absolute atomic E-state index is 0. The van der Waals surface area contributed by atoms with E-state index < -0.39 is 0 Å². The maximum Gasteiger partial charge on any atom is 0.241 e. The Morgan fingerprint density at radius 3 is 2.73 bits per heavy atom. The standard InChI is InChI=1S/C18H22N4O3.ClH/c23-17(15-3-1-2-10-19-15)20-13-6-8-14(9-7-13)24-11-16-21-18(25-22-16)12-4-5-12;/h6-9,12,15,19H,1-5,10-11H2,(H,20,23);1H. The van der Waals surface area contributed by atoms with Crippen LogP contribution in [0.3, 0.4) is 0 Å². The summed E-state index contributed by atoms with van der Waals surface area (Å²) in [5, 5.41) is 10.1. The van der Waals surface area contributed by atoms with Crippen LogP contribution in [-0.4, -0.2) is 28.6 Å². The molecule has 2 N–H and O–H groups in total. The molecular weight excluding hydrogens is 356 g/mol. The van der Waals surface area contributed by atoms with Gasteiger partial charge in [0.05, 0.1) is 6.04 Å². The fourth-order valence-corrected chi connectivity index (χ4v) is 2.91. The summed E-state index contributed by atoms with van der Waals surface area (Å²) in [5.41, 5.74) is 0.764. The summed E-state index contributed by atoms with van der Waals surface area (Å²) in [6.45, 7) is 1.18. The molecule has 2 aromatic rings. The molecule has 4 rings (SSSR count). The van der Waals surface area contributed by atoms with Crippen LogP contribution in [0.4, 0.5) is 5.69 Å². The van der Waals surface area contributed by atoms with Crippen molar-refractivity contribution in [2.75, 3.05) is 11.9 Å². The molecule has 2 aliphatic rings. The minimum Gasteiger partial charge on any atom is -0.485 e. The fourth-order valence-electron chi connectivity index (χ4n) is 2.91. The van der Waals surface area contributed by atoms with E-state index in [1.165, 1.54) is 0 Å². The number of nitrogens with one attached hydrogen (secondary N) is 2. The van der Waals surface area contributed by atoms with Crippen molar-refractivity contribution < 1.29 is 14.1 Å². The van der Waals surface area contributed by atoms with E-state index in [2.05, 4.69) is 20.8 Å². The van der Waals surface area contributed by atoms with Crippen LogP contribution in [0.15, 0.2) is 28.8 Å². The summed E-state index contributed by atoms with van der Waals surface area (Å²) >= 11 is 0. The summed E-state index contributed by atoms with van der Waals surface area (Å²) in [6.07, 6.45) is 5.38. The first kappa shape index (κ1) is 18.7. The van der Waals surface area contributed by atoms with Crippen molar-refractivity contribution >= 4 is 24.0 Å². The number of carbonyl (C=O) groups is 1. The third-order valence-electron chi connectivity index (χ3n) is 4.53. The molecule has 1 atom stereocenters. The first-order valence-electron chi connectivity index (χ1n) is 8.87. The number of rotatable bonds is 6. The Bertz CT molecular complexity index is 724. The average Bonchev–Trinajstić information content (AvgIpc) is 3.40. The lowest BCUT2D eigenvalue weighted by atomic mass is 10.0. The van der Waals surface area contributed by atoms with Gasteiger partial charge < -0.3 is 19.9 Å². The lowest BCUT2D eigenvalue weighted by Crippen LogP contribution is -2.43. The fraction of sp³-hybridized carbons (Fsp3) is 0.500. The molecule has 140 valence electrons. The summed E-state index contributed by atoms with van der Waals surface area (Å²) in [4.78, 5) is 16.5. The molecule has 1 aromatic heterocycles. The van der Waals surface area contributed by atoms with E-state index in [4.69, 9.17) is 9.26 Å². The molecule has 2 heterocycles. The Morgan fingerprint density at radius 1 is 1.23 bits per heavy atom. The molecule has 1 amide bonds. The van der Waals surface area contributed by atoms with E-state index in [9.17, 15) is 4.79 Å². The Morgan fingerprint density at radius 2 is 2.04 bits per heavy atom. The molecule has 2 fully saturated rings. The van der Waals surface area contributed by atoms with Gasteiger partial charge in [-0.05, 0) is 56.5 Å². The number of hydrogen-bond acceptors (Lipinski definition) is 6. The average molecular weight is 379 g/mol. The van der Waals surface area contributed by atoms with Crippen molar-refractivity contribution in [3.63, 3.8) is 0 Å². The highest BCUT2D eigenvalue weighted by molar-refractivity contribution is 5.94. The van der Waals surface area contributed by atoms with E-state index in [0.29, 0.717) is 23.4 Å². The molecular formula is C18H23ClN4O3. The van der Waals surface area contributed by atoms with Gasteiger partial charge in [0.15, 0.2) is 6.61 Å². The van der Waals surface area contributed by atoms with Crippen molar-refractivity contribution in [1.29, 1.82) is 0 Å². The highest BCUT2D eigenvalue weighted by Gasteiger charge is 2.29. The van der Waals surface area contributed by atoms with Crippen LogP contribution in [0.5, 0.6) is 5.75 Å². The van der Waals surface area contributed by atoms with Gasteiger partial charge in [0.2, 0.25) is 17.6 Å². The number of piperidine rings is 1. The Balaban J connectivity index is 0.00000196. The van der Waals surface area contributed by atoms with Crippen molar-refractivity contribution in [2.45, 2.75) is 50.7 Å². The van der Waals surface area contributed by atoms with E-state index in [1.54, 1.807) is 0 Å². The van der Waals surface area contributed by atoms with Crippen molar-refractivity contribution in [2.24, 2.45) is 0 Å². The molecule has 1 saturated heterocycles. The van der Waals surface area contributed by atoms with Crippen LogP contribution < -0.4 is 15.4 Å². The molecule has 7 nitrogen and oxygen atoms in total. The number of aromatic nitrogens is 2. The summed E-state index contributed by atoms with van der Waals surface area (Å²) in [6, 6.07) is 7.23. The highest BCUT2D eigenvalue weighted by Crippen LogP contribution is 2.38. The molecule has 1 aliphatic heterocycles. The molecule has 1 unspecified atom stereocenters. The third-order valence-corrected chi connectivity index (χ3v) is 4.53. The summed E-state index contributed by atoms with van der Waals surface area (Å²) in [7, 11) is 0. The number of anilines is 1. The molecule has 1 aromatic carbocycles. The van der Waals surface area contributed by atoms with E-state index in [0.717, 1.165) is 44.3 Å². The zero-order valence-corrected chi connectivity index (χ0v) is 15.3. The van der Waals surface area contributed by atoms with Crippen molar-refractivity contribution in [1.82, 2.24) is 15.5 Å². The van der Waals surface area contributed by atoms with Gasteiger partial charge in [0, 0.05) is 11.6 Å². The Labute approximate surface area is 158 Å². The zero-order chi connectivity index (χ0) is 17.1. The van der Waals surface area contributed by atoms with Gasteiger partial charge in [-0.15, -0.1) is 12.4 Å². The predicted molar refractivity (Wildman–Crippen MR) is 98.6 cm³/mol. The van der Waals surface area contributed by atoms with Gasteiger partial charge in [0.1, 0.15) is 5.75 Å². The second-order valence-electron chi connectivity index (χ2n) is 6.63. The molecule has 1 saturated carbocycles. The number of ether oxygens (including phenoxy) is 1. The topological polar surface area (TPSA) is 89.3 Å². The number of hydrogen-bond donors (Lipinski definition) is 2. The number of nitrogens with zero attached hydrogens (tertiary/aromatic N) is 2. The van der Waals surface area contributed by atoms with Gasteiger partial charge in [-0.1, -0.05) is 11.6 Å². The van der Waals surface area contributed by atoms with Crippen molar-refractivity contribution in [3.8, 4) is 5.75 Å². The van der Waals surface area contributed by atoms with E-state index in [-0.39, 0.29) is 31.0 Å². The van der Waals surface area contributed by atoms with Gasteiger partial charge in [0.25, 0.3) is 0 Å². The number of benzene rings is 1. The molecule has 26 heavy (non-hydrogen) atoms. The van der Waals surface area contributed by atoms with Gasteiger partial charge >= 0.3 is 0 Å². The minimum atomic E-state index is -0.0939. The SMILES string of the molecule is Cl.O=C(Nc1ccc(OCc2noc(C3CC3)n2)cc1)C1CCCCN1. The maximum atomic E-state index is 12.2.